The minimum Gasteiger partial charge on any atom is -0.484 e. The van der Waals surface area contributed by atoms with Gasteiger partial charge in [-0.05, 0) is 49.4 Å². The van der Waals surface area contributed by atoms with E-state index in [1.165, 1.54) is 0 Å². The van der Waals surface area contributed by atoms with E-state index in [0.29, 0.717) is 11.3 Å². The molecule has 0 bridgehead atoms. The molecule has 7 nitrogen and oxygen atoms in total. The van der Waals surface area contributed by atoms with Crippen molar-refractivity contribution in [1.82, 2.24) is 0 Å². The molecule has 1 aromatic carbocycles. The third-order valence-electron chi connectivity index (χ3n) is 4.29. The van der Waals surface area contributed by atoms with Gasteiger partial charge in [0.05, 0.1) is 18.8 Å². The van der Waals surface area contributed by atoms with Crippen LogP contribution in [0.1, 0.15) is 58.9 Å². The predicted molar refractivity (Wildman–Crippen MR) is 120 cm³/mol. The number of thiophene rings is 1. The smallest absolute Gasteiger partial charge is 0.348 e. The van der Waals surface area contributed by atoms with Crippen LogP contribution in [0.3, 0.4) is 0 Å². The van der Waals surface area contributed by atoms with Crippen LogP contribution < -0.4 is 10.1 Å². The third-order valence-corrected chi connectivity index (χ3v) is 5.48. The summed E-state index contributed by atoms with van der Waals surface area (Å²) in [4.78, 5) is 37.7. The average Bonchev–Trinajstić information content (AvgIpc) is 3.06. The van der Waals surface area contributed by atoms with E-state index >= 15 is 0 Å². The number of anilines is 1. The first-order valence-corrected chi connectivity index (χ1v) is 11.1. The van der Waals surface area contributed by atoms with E-state index in [4.69, 9.17) is 14.2 Å². The molecule has 0 atom stereocenters. The van der Waals surface area contributed by atoms with Gasteiger partial charge in [-0.15, -0.1) is 11.3 Å². The highest BCUT2D eigenvalue weighted by Crippen LogP contribution is 2.34. The SMILES string of the molecule is CCOC(=O)c1c(NC(=O)COc2cccc(CC)c2)sc(C(=O)OCC(C)C)c1C. The van der Waals surface area contributed by atoms with Crippen molar-refractivity contribution in [3.05, 3.63) is 45.8 Å². The normalized spacial score (nSPS) is 10.6. The van der Waals surface area contributed by atoms with Gasteiger partial charge < -0.3 is 19.5 Å². The highest BCUT2D eigenvalue weighted by atomic mass is 32.1. The summed E-state index contributed by atoms with van der Waals surface area (Å²) in [6.07, 6.45) is 0.858. The molecule has 31 heavy (non-hydrogen) atoms. The molecule has 168 valence electrons. The van der Waals surface area contributed by atoms with Gasteiger partial charge in [-0.3, -0.25) is 4.79 Å². The number of carbonyl (C=O) groups is 3. The Labute approximate surface area is 186 Å². The molecule has 1 heterocycles. The van der Waals surface area contributed by atoms with Crippen LogP contribution in [0.2, 0.25) is 0 Å². The summed E-state index contributed by atoms with van der Waals surface area (Å²) in [5, 5.41) is 2.91. The molecule has 0 saturated carbocycles. The lowest BCUT2D eigenvalue weighted by atomic mass is 10.1. The predicted octanol–water partition coefficient (Wildman–Crippen LogP) is 4.63. The summed E-state index contributed by atoms with van der Waals surface area (Å²) < 4.78 is 16.0. The van der Waals surface area contributed by atoms with Gasteiger partial charge in [0.1, 0.15) is 15.6 Å². The van der Waals surface area contributed by atoms with E-state index in [-0.39, 0.29) is 41.2 Å². The van der Waals surface area contributed by atoms with E-state index in [0.717, 1.165) is 23.3 Å². The highest BCUT2D eigenvalue weighted by molar-refractivity contribution is 7.18. The number of hydrogen-bond acceptors (Lipinski definition) is 7. The second-order valence-corrected chi connectivity index (χ2v) is 8.33. The molecule has 1 N–H and O–H groups in total. The van der Waals surface area contributed by atoms with Gasteiger partial charge in [0.15, 0.2) is 6.61 Å². The Balaban J connectivity index is 2.18. The first-order valence-electron chi connectivity index (χ1n) is 10.3. The summed E-state index contributed by atoms with van der Waals surface area (Å²) in [6, 6.07) is 7.49. The van der Waals surface area contributed by atoms with Crippen molar-refractivity contribution in [3.8, 4) is 5.75 Å². The maximum absolute atomic E-state index is 12.5. The molecule has 0 saturated heterocycles. The fraction of sp³-hybridized carbons (Fsp3) is 0.435. The molecule has 0 aliphatic heterocycles. The molecule has 8 heteroatoms. The van der Waals surface area contributed by atoms with Gasteiger partial charge in [0.2, 0.25) is 0 Å². The number of nitrogens with one attached hydrogen (secondary N) is 1. The standard InChI is InChI=1S/C23H29NO6S/c1-6-16-9-8-10-17(11-16)29-13-18(25)24-21-19(22(26)28-7-2)15(5)20(31-21)23(27)30-12-14(3)4/h8-11,14H,6-7,12-13H2,1-5H3,(H,24,25). The molecule has 0 aliphatic carbocycles. The van der Waals surface area contributed by atoms with Crippen LogP contribution in [-0.4, -0.2) is 37.7 Å². The average molecular weight is 448 g/mol. The number of ether oxygens (including phenoxy) is 3. The maximum atomic E-state index is 12.5. The zero-order chi connectivity index (χ0) is 23.0. The van der Waals surface area contributed by atoms with Crippen LogP contribution in [0.5, 0.6) is 5.75 Å². The van der Waals surface area contributed by atoms with Crippen LogP contribution in [0.15, 0.2) is 24.3 Å². The van der Waals surface area contributed by atoms with Crippen molar-refractivity contribution in [1.29, 1.82) is 0 Å². The van der Waals surface area contributed by atoms with Gasteiger partial charge in [0, 0.05) is 0 Å². The van der Waals surface area contributed by atoms with Crippen LogP contribution >= 0.6 is 11.3 Å². The van der Waals surface area contributed by atoms with Crippen molar-refractivity contribution in [3.63, 3.8) is 0 Å². The van der Waals surface area contributed by atoms with Gasteiger partial charge >= 0.3 is 11.9 Å². The largest absolute Gasteiger partial charge is 0.484 e. The number of hydrogen-bond donors (Lipinski definition) is 1. The minimum absolute atomic E-state index is 0.157. The molecule has 1 amide bonds. The van der Waals surface area contributed by atoms with E-state index in [2.05, 4.69) is 5.32 Å². The third kappa shape index (κ3) is 6.82. The van der Waals surface area contributed by atoms with E-state index in [9.17, 15) is 14.4 Å². The first-order chi connectivity index (χ1) is 14.8. The highest BCUT2D eigenvalue weighted by Gasteiger charge is 2.27. The number of rotatable bonds is 10. The lowest BCUT2D eigenvalue weighted by molar-refractivity contribution is -0.118. The van der Waals surface area contributed by atoms with Crippen LogP contribution in [0.4, 0.5) is 5.00 Å². The quantitative estimate of drug-likeness (QED) is 0.534. The fourth-order valence-corrected chi connectivity index (χ4v) is 3.82. The number of amides is 1. The second kappa shape index (κ2) is 11.5. The van der Waals surface area contributed by atoms with Crippen molar-refractivity contribution < 1.29 is 28.6 Å². The molecule has 0 spiro atoms. The van der Waals surface area contributed by atoms with Crippen molar-refractivity contribution >= 4 is 34.2 Å². The Kier molecular flexibility index (Phi) is 9.05. The molecule has 0 fully saturated rings. The zero-order valence-corrected chi connectivity index (χ0v) is 19.4. The van der Waals surface area contributed by atoms with Crippen molar-refractivity contribution in [2.75, 3.05) is 25.1 Å². The van der Waals surface area contributed by atoms with Gasteiger partial charge in [0.25, 0.3) is 5.91 Å². The molecular weight excluding hydrogens is 418 g/mol. The van der Waals surface area contributed by atoms with E-state index in [1.54, 1.807) is 19.9 Å². The van der Waals surface area contributed by atoms with Crippen molar-refractivity contribution in [2.24, 2.45) is 5.92 Å². The van der Waals surface area contributed by atoms with Crippen molar-refractivity contribution in [2.45, 2.75) is 41.0 Å². The second-order valence-electron chi connectivity index (χ2n) is 7.31. The minimum atomic E-state index is -0.606. The van der Waals surface area contributed by atoms with Gasteiger partial charge in [-0.25, -0.2) is 9.59 Å². The van der Waals surface area contributed by atoms with Gasteiger partial charge in [-0.1, -0.05) is 32.9 Å². The molecule has 2 rings (SSSR count). The Morgan fingerprint density at radius 2 is 1.84 bits per heavy atom. The Hall–Kier alpha value is -2.87. The number of esters is 2. The Bertz CT molecular complexity index is 934. The first kappa shape index (κ1) is 24.4. The molecule has 0 aliphatic rings. The monoisotopic (exact) mass is 447 g/mol. The Morgan fingerprint density at radius 1 is 1.10 bits per heavy atom. The molecular formula is C23H29NO6S. The lowest BCUT2D eigenvalue weighted by Gasteiger charge is -2.09. The maximum Gasteiger partial charge on any atom is 0.348 e. The molecule has 0 unspecified atom stereocenters. The van der Waals surface area contributed by atoms with Crippen LogP contribution in [0.25, 0.3) is 0 Å². The number of carbonyl (C=O) groups excluding carboxylic acids is 3. The van der Waals surface area contributed by atoms with E-state index < -0.39 is 17.8 Å². The topological polar surface area (TPSA) is 90.9 Å². The van der Waals surface area contributed by atoms with Gasteiger partial charge in [-0.2, -0.15) is 0 Å². The Morgan fingerprint density at radius 3 is 2.48 bits per heavy atom. The summed E-state index contributed by atoms with van der Waals surface area (Å²) in [5.41, 5.74) is 1.68. The zero-order valence-electron chi connectivity index (χ0n) is 18.6. The van der Waals surface area contributed by atoms with Crippen LogP contribution in [-0.2, 0) is 20.7 Å². The number of benzene rings is 1. The number of aryl methyl sites for hydroxylation is 1. The summed E-state index contributed by atoms with van der Waals surface area (Å²) >= 11 is 0.993. The van der Waals surface area contributed by atoms with E-state index in [1.807, 2.05) is 39.0 Å². The molecule has 1 aromatic heterocycles. The summed E-state index contributed by atoms with van der Waals surface area (Å²) in [7, 11) is 0. The van der Waals surface area contributed by atoms with Crippen LogP contribution in [0, 0.1) is 12.8 Å². The summed E-state index contributed by atoms with van der Waals surface area (Å²) in [6.45, 7) is 9.42. The lowest BCUT2D eigenvalue weighted by Crippen LogP contribution is -2.21. The fourth-order valence-electron chi connectivity index (χ4n) is 2.72. The summed E-state index contributed by atoms with van der Waals surface area (Å²) in [5.74, 6) is -0.826. The molecule has 2 aromatic rings. The molecule has 0 radical (unpaired) electrons.